The number of nitriles is 1. The Morgan fingerprint density at radius 3 is 2.74 bits per heavy atom. The van der Waals surface area contributed by atoms with Gasteiger partial charge in [0, 0.05) is 12.6 Å². The predicted octanol–water partition coefficient (Wildman–Crippen LogP) is 3.20. The summed E-state index contributed by atoms with van der Waals surface area (Å²) in [5, 5.41) is 9.01. The van der Waals surface area contributed by atoms with Crippen LogP contribution in [0.15, 0.2) is 24.3 Å². The highest BCUT2D eigenvalue weighted by Gasteiger charge is 2.20. The first-order valence-electron chi connectivity index (χ1n) is 7.21. The lowest BCUT2D eigenvalue weighted by molar-refractivity contribution is 0.167. The summed E-state index contributed by atoms with van der Waals surface area (Å²) in [5.41, 5.74) is 0.617. The SMILES string of the molecule is CCN(CCOc1ccccc1C#N)C1CCCC1. The number of nitrogens with zero attached hydrogens (tertiary/aromatic N) is 2. The van der Waals surface area contributed by atoms with Gasteiger partial charge in [0.1, 0.15) is 18.4 Å². The van der Waals surface area contributed by atoms with Gasteiger partial charge in [-0.05, 0) is 31.5 Å². The van der Waals surface area contributed by atoms with Crippen molar-refractivity contribution in [3.63, 3.8) is 0 Å². The van der Waals surface area contributed by atoms with Crippen molar-refractivity contribution < 1.29 is 4.74 Å². The maximum atomic E-state index is 9.01. The van der Waals surface area contributed by atoms with Crippen molar-refractivity contribution in [2.75, 3.05) is 19.7 Å². The molecule has 0 heterocycles. The van der Waals surface area contributed by atoms with Gasteiger partial charge in [-0.2, -0.15) is 5.26 Å². The lowest BCUT2D eigenvalue weighted by atomic mass is 10.2. The van der Waals surface area contributed by atoms with Crippen LogP contribution in [0.3, 0.4) is 0 Å². The average Bonchev–Trinajstić information content (AvgIpc) is 2.98. The van der Waals surface area contributed by atoms with Crippen molar-refractivity contribution in [2.45, 2.75) is 38.6 Å². The second-order valence-electron chi connectivity index (χ2n) is 5.02. The zero-order valence-corrected chi connectivity index (χ0v) is 11.6. The fraction of sp³-hybridized carbons (Fsp3) is 0.562. The first kappa shape index (κ1) is 13.9. The molecule has 0 amide bonds. The van der Waals surface area contributed by atoms with Crippen molar-refractivity contribution in [1.82, 2.24) is 4.90 Å². The Bertz CT molecular complexity index is 433. The monoisotopic (exact) mass is 258 g/mol. The van der Waals surface area contributed by atoms with E-state index >= 15 is 0 Å². The van der Waals surface area contributed by atoms with Gasteiger partial charge in [-0.15, -0.1) is 0 Å². The Labute approximate surface area is 115 Å². The first-order chi connectivity index (χ1) is 9.35. The number of ether oxygens (including phenoxy) is 1. The van der Waals surface area contributed by atoms with Crippen molar-refractivity contribution in [2.24, 2.45) is 0 Å². The summed E-state index contributed by atoms with van der Waals surface area (Å²) in [7, 11) is 0. The summed E-state index contributed by atoms with van der Waals surface area (Å²) in [6.45, 7) is 4.89. The fourth-order valence-electron chi connectivity index (χ4n) is 2.83. The number of hydrogen-bond donors (Lipinski definition) is 0. The fourth-order valence-corrected chi connectivity index (χ4v) is 2.83. The standard InChI is InChI=1S/C16H22N2O/c1-2-18(15-8-4-5-9-15)11-12-19-16-10-6-3-7-14(16)13-17/h3,6-7,10,15H,2,4-5,8-9,11-12H2,1H3. The molecule has 0 radical (unpaired) electrons. The number of benzene rings is 1. The Hall–Kier alpha value is -1.53. The van der Waals surface area contributed by atoms with Gasteiger partial charge in [0.2, 0.25) is 0 Å². The number of rotatable bonds is 6. The van der Waals surface area contributed by atoms with Crippen LogP contribution in [0.5, 0.6) is 5.75 Å². The van der Waals surface area contributed by atoms with E-state index in [0.29, 0.717) is 17.9 Å². The molecule has 0 bridgehead atoms. The Kier molecular flexibility index (Phi) is 5.23. The van der Waals surface area contributed by atoms with Gasteiger partial charge in [-0.1, -0.05) is 31.9 Å². The maximum absolute atomic E-state index is 9.01. The van der Waals surface area contributed by atoms with E-state index in [1.165, 1.54) is 25.7 Å². The molecular formula is C16H22N2O. The molecule has 102 valence electrons. The van der Waals surface area contributed by atoms with E-state index in [4.69, 9.17) is 10.00 Å². The Morgan fingerprint density at radius 2 is 2.05 bits per heavy atom. The lowest BCUT2D eigenvalue weighted by Gasteiger charge is -2.27. The molecule has 1 aliphatic carbocycles. The van der Waals surface area contributed by atoms with Crippen LogP contribution in [-0.4, -0.2) is 30.6 Å². The molecule has 0 saturated heterocycles. The molecule has 0 atom stereocenters. The van der Waals surface area contributed by atoms with E-state index < -0.39 is 0 Å². The zero-order chi connectivity index (χ0) is 13.5. The largest absolute Gasteiger partial charge is 0.491 e. The molecule has 1 aromatic carbocycles. The highest BCUT2D eigenvalue weighted by atomic mass is 16.5. The minimum absolute atomic E-state index is 0.617. The highest BCUT2D eigenvalue weighted by molar-refractivity contribution is 5.42. The van der Waals surface area contributed by atoms with Gasteiger partial charge in [0.05, 0.1) is 5.56 Å². The van der Waals surface area contributed by atoms with Crippen LogP contribution >= 0.6 is 0 Å². The van der Waals surface area contributed by atoms with Gasteiger partial charge in [-0.25, -0.2) is 0 Å². The summed E-state index contributed by atoms with van der Waals surface area (Å²) >= 11 is 0. The summed E-state index contributed by atoms with van der Waals surface area (Å²) in [6.07, 6.45) is 5.36. The van der Waals surface area contributed by atoms with Crippen molar-refractivity contribution in [3.8, 4) is 11.8 Å². The van der Waals surface area contributed by atoms with E-state index in [1.807, 2.05) is 18.2 Å². The molecule has 0 N–H and O–H groups in total. The summed E-state index contributed by atoms with van der Waals surface area (Å²) in [4.78, 5) is 2.50. The van der Waals surface area contributed by atoms with E-state index in [-0.39, 0.29) is 0 Å². The minimum Gasteiger partial charge on any atom is -0.491 e. The smallest absolute Gasteiger partial charge is 0.137 e. The van der Waals surface area contributed by atoms with Crippen molar-refractivity contribution in [3.05, 3.63) is 29.8 Å². The van der Waals surface area contributed by atoms with Crippen molar-refractivity contribution >= 4 is 0 Å². The predicted molar refractivity (Wildman–Crippen MR) is 76.2 cm³/mol. The van der Waals surface area contributed by atoms with E-state index in [1.54, 1.807) is 6.07 Å². The summed E-state index contributed by atoms with van der Waals surface area (Å²) < 4.78 is 5.76. The summed E-state index contributed by atoms with van der Waals surface area (Å²) in [6, 6.07) is 10.3. The molecule has 1 saturated carbocycles. The Balaban J connectivity index is 1.83. The molecule has 1 aromatic rings. The second kappa shape index (κ2) is 7.16. The third-order valence-corrected chi connectivity index (χ3v) is 3.89. The molecule has 3 heteroatoms. The molecule has 19 heavy (non-hydrogen) atoms. The first-order valence-corrected chi connectivity index (χ1v) is 7.21. The molecule has 1 aliphatic rings. The molecule has 0 aliphatic heterocycles. The molecular weight excluding hydrogens is 236 g/mol. The lowest BCUT2D eigenvalue weighted by Crippen LogP contribution is -2.36. The van der Waals surface area contributed by atoms with Gasteiger partial charge >= 0.3 is 0 Å². The minimum atomic E-state index is 0.617. The quantitative estimate of drug-likeness (QED) is 0.786. The Morgan fingerprint density at radius 1 is 1.32 bits per heavy atom. The van der Waals surface area contributed by atoms with Crippen LogP contribution in [0.4, 0.5) is 0 Å². The number of para-hydroxylation sites is 1. The van der Waals surface area contributed by atoms with Gasteiger partial charge in [0.25, 0.3) is 0 Å². The van der Waals surface area contributed by atoms with Crippen molar-refractivity contribution in [1.29, 1.82) is 5.26 Å². The molecule has 2 rings (SSSR count). The highest BCUT2D eigenvalue weighted by Crippen LogP contribution is 2.23. The van der Waals surface area contributed by atoms with Crippen LogP contribution in [0.1, 0.15) is 38.2 Å². The normalized spacial score (nSPS) is 15.6. The number of likely N-dealkylation sites (N-methyl/N-ethyl adjacent to an activating group) is 1. The maximum Gasteiger partial charge on any atom is 0.137 e. The van der Waals surface area contributed by atoms with E-state index in [2.05, 4.69) is 17.9 Å². The molecule has 0 aromatic heterocycles. The van der Waals surface area contributed by atoms with Crippen LogP contribution in [-0.2, 0) is 0 Å². The molecule has 1 fully saturated rings. The third-order valence-electron chi connectivity index (χ3n) is 3.89. The van der Waals surface area contributed by atoms with E-state index in [0.717, 1.165) is 19.1 Å². The molecule has 0 unspecified atom stereocenters. The van der Waals surface area contributed by atoms with E-state index in [9.17, 15) is 0 Å². The molecule has 0 spiro atoms. The van der Waals surface area contributed by atoms with Gasteiger partial charge in [0.15, 0.2) is 0 Å². The van der Waals surface area contributed by atoms with Gasteiger partial charge in [-0.3, -0.25) is 4.90 Å². The third kappa shape index (κ3) is 3.71. The molecule has 3 nitrogen and oxygen atoms in total. The zero-order valence-electron chi connectivity index (χ0n) is 11.6. The second-order valence-corrected chi connectivity index (χ2v) is 5.02. The number of hydrogen-bond acceptors (Lipinski definition) is 3. The topological polar surface area (TPSA) is 36.3 Å². The van der Waals surface area contributed by atoms with Crippen LogP contribution in [0.25, 0.3) is 0 Å². The van der Waals surface area contributed by atoms with Crippen LogP contribution < -0.4 is 4.74 Å². The van der Waals surface area contributed by atoms with Gasteiger partial charge < -0.3 is 4.74 Å². The van der Waals surface area contributed by atoms with Crippen LogP contribution in [0.2, 0.25) is 0 Å². The van der Waals surface area contributed by atoms with Crippen LogP contribution in [0, 0.1) is 11.3 Å². The summed E-state index contributed by atoms with van der Waals surface area (Å²) in [5.74, 6) is 0.701. The average molecular weight is 258 g/mol.